The van der Waals surface area contributed by atoms with Crippen LogP contribution in [0, 0.1) is 5.82 Å². The van der Waals surface area contributed by atoms with Crippen molar-refractivity contribution in [3.8, 4) is 11.1 Å². The Morgan fingerprint density at radius 3 is 2.46 bits per heavy atom. The number of nitrogens with two attached hydrogens (primary N) is 1. The summed E-state index contributed by atoms with van der Waals surface area (Å²) in [6.07, 6.45) is 4.50. The highest BCUT2D eigenvalue weighted by molar-refractivity contribution is 7.89. The molecule has 1 aromatic heterocycles. The molecule has 0 saturated heterocycles. The third kappa shape index (κ3) is 7.89. The number of para-hydroxylation sites is 1. The zero-order chi connectivity index (χ0) is 27.6. The topological polar surface area (TPSA) is 132 Å². The standard InChI is InChI=1S/C24H25FN2O6S.C2H7N/c1-4-33-24(29)23-21(16-8-9-18(20(25)12-16)14-34(3,30)31)19-7-5-6-17(22(19)26-23)13-27(15-28)10-11-32-2;1-2-3/h5-12,15,26H,4,13-14H2,1-3H3;2-3H2,1H3/b11-10-;. The number of H-pyrrole nitrogens is 1. The van der Waals surface area contributed by atoms with Crippen LogP contribution in [0.25, 0.3) is 22.0 Å². The van der Waals surface area contributed by atoms with Crippen LogP contribution in [-0.4, -0.2) is 57.2 Å². The van der Waals surface area contributed by atoms with Gasteiger partial charge in [0.1, 0.15) is 11.5 Å². The molecule has 0 saturated carbocycles. The van der Waals surface area contributed by atoms with Crippen LogP contribution >= 0.6 is 0 Å². The SMILES string of the molecule is CCN.CCOC(=O)c1[nH]c2c(CN(C=O)/C=C\OC)cccc2c1-c1ccc(CS(C)(=O)=O)c(F)c1. The highest BCUT2D eigenvalue weighted by Gasteiger charge is 2.23. The lowest BCUT2D eigenvalue weighted by atomic mass is 9.99. The van der Waals surface area contributed by atoms with E-state index in [1.165, 1.54) is 36.6 Å². The van der Waals surface area contributed by atoms with E-state index in [2.05, 4.69) is 4.98 Å². The maximum atomic E-state index is 14.8. The number of aromatic amines is 1. The Balaban J connectivity index is 0.00000153. The highest BCUT2D eigenvalue weighted by Crippen LogP contribution is 2.35. The monoisotopic (exact) mass is 533 g/mol. The number of amides is 1. The molecule has 0 spiro atoms. The summed E-state index contributed by atoms with van der Waals surface area (Å²) < 4.78 is 48.1. The molecule has 2 aromatic carbocycles. The number of benzene rings is 2. The fourth-order valence-electron chi connectivity index (χ4n) is 3.63. The molecule has 11 heteroatoms. The van der Waals surface area contributed by atoms with Gasteiger partial charge in [0, 0.05) is 29.0 Å². The molecule has 3 rings (SSSR count). The van der Waals surface area contributed by atoms with Crippen LogP contribution in [0.5, 0.6) is 0 Å². The van der Waals surface area contributed by atoms with E-state index in [4.69, 9.17) is 15.2 Å². The number of sulfone groups is 1. The van der Waals surface area contributed by atoms with Crippen molar-refractivity contribution in [3.63, 3.8) is 0 Å². The molecule has 37 heavy (non-hydrogen) atoms. The molecule has 0 aliphatic rings. The van der Waals surface area contributed by atoms with Gasteiger partial charge in [0.15, 0.2) is 9.84 Å². The van der Waals surface area contributed by atoms with Crippen LogP contribution in [0.1, 0.15) is 35.5 Å². The summed E-state index contributed by atoms with van der Waals surface area (Å²) in [6, 6.07) is 9.50. The van der Waals surface area contributed by atoms with E-state index in [9.17, 15) is 22.4 Å². The Kier molecular flexibility index (Phi) is 10.8. The largest absolute Gasteiger partial charge is 0.503 e. The van der Waals surface area contributed by atoms with E-state index in [0.717, 1.165) is 12.8 Å². The molecule has 0 unspecified atom stereocenters. The molecule has 200 valence electrons. The second-order valence-corrected chi connectivity index (χ2v) is 10.2. The van der Waals surface area contributed by atoms with Crippen molar-refractivity contribution in [1.82, 2.24) is 9.88 Å². The number of carbonyl (C=O) groups is 2. The number of hydrogen-bond acceptors (Lipinski definition) is 7. The summed E-state index contributed by atoms with van der Waals surface area (Å²) >= 11 is 0. The summed E-state index contributed by atoms with van der Waals surface area (Å²) in [7, 11) is -1.96. The minimum atomic E-state index is -3.42. The Labute approximate surface area is 216 Å². The zero-order valence-corrected chi connectivity index (χ0v) is 22.1. The lowest BCUT2D eigenvalue weighted by molar-refractivity contribution is -0.116. The maximum Gasteiger partial charge on any atom is 0.355 e. The quantitative estimate of drug-likeness (QED) is 0.231. The van der Waals surface area contributed by atoms with Crippen molar-refractivity contribution in [2.75, 3.05) is 26.5 Å². The van der Waals surface area contributed by atoms with Gasteiger partial charge in [0.05, 0.1) is 37.8 Å². The Morgan fingerprint density at radius 2 is 1.89 bits per heavy atom. The number of fused-ring (bicyclic) bond motifs is 1. The highest BCUT2D eigenvalue weighted by atomic mass is 32.2. The van der Waals surface area contributed by atoms with Gasteiger partial charge in [-0.15, -0.1) is 0 Å². The maximum absolute atomic E-state index is 14.8. The summed E-state index contributed by atoms with van der Waals surface area (Å²) in [5.41, 5.74) is 7.11. The predicted octanol–water partition coefficient (Wildman–Crippen LogP) is 3.74. The van der Waals surface area contributed by atoms with Crippen LogP contribution < -0.4 is 5.73 Å². The number of ether oxygens (including phenoxy) is 2. The van der Waals surface area contributed by atoms with Gasteiger partial charge in [-0.25, -0.2) is 17.6 Å². The lowest BCUT2D eigenvalue weighted by Gasteiger charge is -2.13. The van der Waals surface area contributed by atoms with Gasteiger partial charge in [-0.3, -0.25) is 4.79 Å². The van der Waals surface area contributed by atoms with E-state index in [0.29, 0.717) is 34.0 Å². The number of nitrogens with zero attached hydrogens (tertiary/aromatic N) is 1. The van der Waals surface area contributed by atoms with Crippen molar-refractivity contribution >= 4 is 33.1 Å². The van der Waals surface area contributed by atoms with Crippen LogP contribution in [0.2, 0.25) is 0 Å². The van der Waals surface area contributed by atoms with E-state index < -0.39 is 27.4 Å². The van der Waals surface area contributed by atoms with Gasteiger partial charge >= 0.3 is 5.97 Å². The number of nitrogens with one attached hydrogen (secondary N) is 1. The second-order valence-electron chi connectivity index (χ2n) is 8.02. The molecular weight excluding hydrogens is 501 g/mol. The van der Waals surface area contributed by atoms with Gasteiger partial charge in [-0.2, -0.15) is 0 Å². The number of carbonyl (C=O) groups excluding carboxylic acids is 2. The minimum absolute atomic E-state index is 0.0380. The minimum Gasteiger partial charge on any atom is -0.503 e. The number of esters is 1. The first-order valence-corrected chi connectivity index (χ1v) is 13.5. The normalized spacial score (nSPS) is 11.2. The molecule has 0 fully saturated rings. The third-order valence-electron chi connectivity index (χ3n) is 5.04. The molecule has 0 bridgehead atoms. The summed E-state index contributed by atoms with van der Waals surface area (Å²) in [4.78, 5) is 28.7. The molecule has 1 amide bonds. The van der Waals surface area contributed by atoms with Gasteiger partial charge in [-0.1, -0.05) is 37.3 Å². The van der Waals surface area contributed by atoms with E-state index >= 15 is 0 Å². The molecular formula is C26H32FN3O6S. The molecule has 0 aliphatic heterocycles. The predicted molar refractivity (Wildman–Crippen MR) is 141 cm³/mol. The average Bonchev–Trinajstić information content (AvgIpc) is 3.23. The molecule has 0 aliphatic carbocycles. The number of rotatable bonds is 10. The van der Waals surface area contributed by atoms with E-state index in [-0.39, 0.29) is 24.4 Å². The molecule has 3 N–H and O–H groups in total. The van der Waals surface area contributed by atoms with Crippen molar-refractivity contribution in [2.45, 2.75) is 26.1 Å². The Hall–Kier alpha value is -3.70. The molecule has 0 radical (unpaired) electrons. The van der Waals surface area contributed by atoms with E-state index in [1.54, 1.807) is 31.2 Å². The first-order valence-electron chi connectivity index (χ1n) is 11.5. The van der Waals surface area contributed by atoms with Gasteiger partial charge in [-0.05, 0) is 30.7 Å². The fourth-order valence-corrected chi connectivity index (χ4v) is 4.43. The average molecular weight is 534 g/mol. The van der Waals surface area contributed by atoms with E-state index in [1.807, 2.05) is 6.92 Å². The number of methoxy groups -OCH3 is 1. The molecule has 1 heterocycles. The number of hydrogen-bond donors (Lipinski definition) is 2. The zero-order valence-electron chi connectivity index (χ0n) is 21.3. The van der Waals surface area contributed by atoms with Gasteiger partial charge in [0.25, 0.3) is 0 Å². The van der Waals surface area contributed by atoms with Gasteiger partial charge < -0.3 is 25.1 Å². The van der Waals surface area contributed by atoms with Crippen molar-refractivity contribution in [1.29, 1.82) is 0 Å². The second kappa shape index (κ2) is 13.6. The fraction of sp³-hybridized carbons (Fsp3) is 0.308. The summed E-state index contributed by atoms with van der Waals surface area (Å²) in [6.45, 7) is 4.66. The number of aromatic nitrogens is 1. The molecule has 3 aromatic rings. The van der Waals surface area contributed by atoms with Crippen molar-refractivity contribution in [2.24, 2.45) is 5.73 Å². The van der Waals surface area contributed by atoms with Crippen molar-refractivity contribution in [3.05, 3.63) is 71.5 Å². The van der Waals surface area contributed by atoms with Gasteiger partial charge in [0.2, 0.25) is 6.41 Å². The number of halogens is 1. The summed E-state index contributed by atoms with van der Waals surface area (Å²) in [5, 5.41) is 0.623. The Morgan fingerprint density at radius 1 is 1.19 bits per heavy atom. The lowest BCUT2D eigenvalue weighted by Crippen LogP contribution is -2.14. The van der Waals surface area contributed by atoms with Crippen LogP contribution in [0.3, 0.4) is 0 Å². The van der Waals surface area contributed by atoms with Crippen molar-refractivity contribution < 1.29 is 31.9 Å². The smallest absolute Gasteiger partial charge is 0.355 e. The van der Waals surface area contributed by atoms with Crippen LogP contribution in [0.15, 0.2) is 48.9 Å². The van der Waals surface area contributed by atoms with Crippen LogP contribution in [0.4, 0.5) is 4.39 Å². The third-order valence-corrected chi connectivity index (χ3v) is 5.87. The molecule has 0 atom stereocenters. The molecule has 9 nitrogen and oxygen atoms in total. The Bertz CT molecular complexity index is 1370. The summed E-state index contributed by atoms with van der Waals surface area (Å²) in [5.74, 6) is -1.75. The first kappa shape index (κ1) is 29.5. The van der Waals surface area contributed by atoms with Crippen LogP contribution in [-0.2, 0) is 36.4 Å². The first-order chi connectivity index (χ1) is 17.6.